The number of hydrogen-bond donors (Lipinski definition) is 3. The smallest absolute Gasteiger partial charge is 0.156 e. The number of aryl methyl sites for hydroxylation is 2. The maximum atomic E-state index is 8.56. The lowest BCUT2D eigenvalue weighted by atomic mass is 10.2. The summed E-state index contributed by atoms with van der Waals surface area (Å²) in [4.78, 5) is 5.56. The van der Waals surface area contributed by atoms with Crippen molar-refractivity contribution in [1.29, 1.82) is 0 Å². The molecule has 0 radical (unpaired) electrons. The first-order valence-corrected chi connectivity index (χ1v) is 5.94. The first-order valence-electron chi connectivity index (χ1n) is 5.13. The highest BCUT2D eigenvalue weighted by atomic mass is 32.1. The molecule has 1 rings (SSSR count). The molecule has 0 spiro atoms. The summed E-state index contributed by atoms with van der Waals surface area (Å²) >= 11 is 1.67. The summed E-state index contributed by atoms with van der Waals surface area (Å²) in [6, 6.07) is -0.0247. The van der Waals surface area contributed by atoms with Crippen molar-refractivity contribution in [1.82, 2.24) is 10.3 Å². The first-order chi connectivity index (χ1) is 7.45. The van der Waals surface area contributed by atoms with E-state index < -0.39 is 0 Å². The summed E-state index contributed by atoms with van der Waals surface area (Å²) < 4.78 is 0. The third-order valence-electron chi connectivity index (χ3n) is 2.39. The lowest BCUT2D eigenvalue weighted by Gasteiger charge is -2.18. The third kappa shape index (κ3) is 2.93. The zero-order valence-electron chi connectivity index (χ0n) is 9.98. The van der Waals surface area contributed by atoms with Gasteiger partial charge in [-0.25, -0.2) is 4.98 Å². The number of aromatic nitrogens is 1. The average molecular weight is 242 g/mol. The Morgan fingerprint density at radius 2 is 2.12 bits per heavy atom. The Kier molecular flexibility index (Phi) is 4.26. The summed E-state index contributed by atoms with van der Waals surface area (Å²) in [6.07, 6.45) is 0. The van der Waals surface area contributed by atoms with Gasteiger partial charge in [-0.2, -0.15) is 0 Å². The number of rotatable bonds is 4. The van der Waals surface area contributed by atoms with Gasteiger partial charge in [0.2, 0.25) is 0 Å². The molecule has 0 saturated heterocycles. The van der Waals surface area contributed by atoms with Gasteiger partial charge in [0.1, 0.15) is 0 Å². The van der Waals surface area contributed by atoms with Gasteiger partial charge in [0.15, 0.2) is 5.84 Å². The fourth-order valence-corrected chi connectivity index (χ4v) is 2.51. The Bertz CT molecular complexity index is 388. The van der Waals surface area contributed by atoms with Gasteiger partial charge in [0.05, 0.1) is 16.7 Å². The minimum absolute atomic E-state index is 0.140. The standard InChI is InChI=1S/C10H18N4OS/c1-5(12-7(3)10(11)14-15)9-6(2)13-8(4)16-9/h5,7,12,15H,1-4H3,(H2,11,14). The number of hydrogen-bond acceptors (Lipinski definition) is 5. The summed E-state index contributed by atoms with van der Waals surface area (Å²) in [6.45, 7) is 7.88. The highest BCUT2D eigenvalue weighted by Crippen LogP contribution is 2.24. The molecule has 0 bridgehead atoms. The molecule has 1 heterocycles. The van der Waals surface area contributed by atoms with Gasteiger partial charge >= 0.3 is 0 Å². The molecular weight excluding hydrogens is 224 g/mol. The summed E-state index contributed by atoms with van der Waals surface area (Å²) in [5, 5.41) is 15.9. The van der Waals surface area contributed by atoms with Crippen molar-refractivity contribution in [3.05, 3.63) is 15.6 Å². The summed E-state index contributed by atoms with van der Waals surface area (Å²) in [7, 11) is 0. The van der Waals surface area contributed by atoms with Crippen LogP contribution in [0, 0.1) is 13.8 Å². The van der Waals surface area contributed by atoms with E-state index in [1.54, 1.807) is 11.3 Å². The van der Waals surface area contributed by atoms with E-state index >= 15 is 0 Å². The molecule has 90 valence electrons. The van der Waals surface area contributed by atoms with Crippen LogP contribution in [-0.4, -0.2) is 22.1 Å². The topological polar surface area (TPSA) is 83.5 Å². The van der Waals surface area contributed by atoms with Crippen molar-refractivity contribution in [3.8, 4) is 0 Å². The van der Waals surface area contributed by atoms with Crippen molar-refractivity contribution in [3.63, 3.8) is 0 Å². The molecule has 1 aromatic heterocycles. The molecule has 0 aromatic carbocycles. The summed E-state index contributed by atoms with van der Waals surface area (Å²) in [5.41, 5.74) is 6.55. The monoisotopic (exact) mass is 242 g/mol. The maximum Gasteiger partial charge on any atom is 0.156 e. The molecule has 5 nitrogen and oxygen atoms in total. The largest absolute Gasteiger partial charge is 0.409 e. The number of oxime groups is 1. The molecule has 2 atom stereocenters. The predicted molar refractivity (Wildman–Crippen MR) is 66.0 cm³/mol. The molecule has 0 aliphatic rings. The SMILES string of the molecule is Cc1nc(C)c(C(C)NC(C)C(N)=NO)s1. The molecule has 0 aliphatic heterocycles. The van der Waals surface area contributed by atoms with E-state index in [9.17, 15) is 0 Å². The van der Waals surface area contributed by atoms with Crippen molar-refractivity contribution in [2.75, 3.05) is 0 Å². The number of nitrogens with zero attached hydrogens (tertiary/aromatic N) is 2. The van der Waals surface area contributed by atoms with E-state index in [0.29, 0.717) is 0 Å². The Balaban J connectivity index is 2.72. The number of nitrogens with two attached hydrogens (primary N) is 1. The fourth-order valence-electron chi connectivity index (χ4n) is 1.57. The highest BCUT2D eigenvalue weighted by molar-refractivity contribution is 7.11. The van der Waals surface area contributed by atoms with Gasteiger partial charge in [0.25, 0.3) is 0 Å². The lowest BCUT2D eigenvalue weighted by Crippen LogP contribution is -2.40. The zero-order chi connectivity index (χ0) is 12.3. The second-order valence-corrected chi connectivity index (χ2v) is 5.05. The van der Waals surface area contributed by atoms with Gasteiger partial charge in [-0.3, -0.25) is 5.32 Å². The normalized spacial score (nSPS) is 16.1. The number of amidine groups is 1. The van der Waals surface area contributed by atoms with Crippen LogP contribution in [-0.2, 0) is 0 Å². The van der Waals surface area contributed by atoms with E-state index in [1.165, 1.54) is 4.88 Å². The van der Waals surface area contributed by atoms with Crippen molar-refractivity contribution in [2.45, 2.75) is 39.8 Å². The molecule has 0 amide bonds. The molecule has 0 saturated carbocycles. The van der Waals surface area contributed by atoms with Crippen LogP contribution < -0.4 is 11.1 Å². The summed E-state index contributed by atoms with van der Waals surface area (Å²) in [5.74, 6) is 0.186. The van der Waals surface area contributed by atoms with Gasteiger partial charge in [-0.05, 0) is 27.7 Å². The zero-order valence-corrected chi connectivity index (χ0v) is 10.8. The minimum Gasteiger partial charge on any atom is -0.409 e. The Hall–Kier alpha value is -1.14. The second kappa shape index (κ2) is 5.27. The quantitative estimate of drug-likeness (QED) is 0.324. The van der Waals surface area contributed by atoms with Crippen molar-refractivity contribution in [2.24, 2.45) is 10.9 Å². The first kappa shape index (κ1) is 12.9. The van der Waals surface area contributed by atoms with Gasteiger partial charge < -0.3 is 10.9 Å². The van der Waals surface area contributed by atoms with Gasteiger partial charge in [-0.15, -0.1) is 11.3 Å². The minimum atomic E-state index is -0.165. The van der Waals surface area contributed by atoms with Crippen LogP contribution >= 0.6 is 11.3 Å². The fraction of sp³-hybridized carbons (Fsp3) is 0.600. The third-order valence-corrected chi connectivity index (χ3v) is 3.65. The van der Waals surface area contributed by atoms with Crippen LogP contribution in [0.25, 0.3) is 0 Å². The van der Waals surface area contributed by atoms with E-state index in [2.05, 4.69) is 15.5 Å². The highest BCUT2D eigenvalue weighted by Gasteiger charge is 2.16. The number of nitrogens with one attached hydrogen (secondary N) is 1. The maximum absolute atomic E-state index is 8.56. The van der Waals surface area contributed by atoms with E-state index in [4.69, 9.17) is 10.9 Å². The van der Waals surface area contributed by atoms with Gasteiger partial charge in [-0.1, -0.05) is 5.16 Å². The van der Waals surface area contributed by atoms with Crippen molar-refractivity contribution < 1.29 is 5.21 Å². The van der Waals surface area contributed by atoms with Crippen LogP contribution in [0.1, 0.15) is 35.5 Å². The van der Waals surface area contributed by atoms with Gasteiger partial charge in [0, 0.05) is 10.9 Å². The van der Waals surface area contributed by atoms with E-state index in [0.717, 1.165) is 10.7 Å². The molecule has 4 N–H and O–H groups in total. The van der Waals surface area contributed by atoms with Crippen LogP contribution in [0.3, 0.4) is 0 Å². The average Bonchev–Trinajstić information content (AvgIpc) is 2.56. The molecule has 0 fully saturated rings. The van der Waals surface area contributed by atoms with Crippen molar-refractivity contribution >= 4 is 17.2 Å². The molecular formula is C10H18N4OS. The Morgan fingerprint density at radius 3 is 2.56 bits per heavy atom. The van der Waals surface area contributed by atoms with Crippen LogP contribution in [0.5, 0.6) is 0 Å². The van der Waals surface area contributed by atoms with Crippen LogP contribution in [0.4, 0.5) is 0 Å². The van der Waals surface area contributed by atoms with Crippen LogP contribution in [0.2, 0.25) is 0 Å². The molecule has 1 aromatic rings. The Labute approximate surface area is 99.4 Å². The Morgan fingerprint density at radius 1 is 1.50 bits per heavy atom. The van der Waals surface area contributed by atoms with E-state index in [-0.39, 0.29) is 17.9 Å². The molecule has 2 unspecified atom stereocenters. The molecule has 6 heteroatoms. The van der Waals surface area contributed by atoms with Crippen LogP contribution in [0.15, 0.2) is 5.16 Å². The molecule has 0 aliphatic carbocycles. The predicted octanol–water partition coefficient (Wildman–Crippen LogP) is 1.55. The van der Waals surface area contributed by atoms with E-state index in [1.807, 2.05) is 27.7 Å². The number of thiazole rings is 1. The lowest BCUT2D eigenvalue weighted by molar-refractivity contribution is 0.314. The molecule has 16 heavy (non-hydrogen) atoms. The second-order valence-electron chi connectivity index (χ2n) is 3.82.